The first kappa shape index (κ1) is 14.7. The van der Waals surface area contributed by atoms with Crippen LogP contribution in [0.3, 0.4) is 0 Å². The Morgan fingerprint density at radius 2 is 1.81 bits per heavy atom. The SMILES string of the molecule is N#Cc1ccc(NC(=O)CCc2ccc(F)c(F)c2)cc1. The van der Waals surface area contributed by atoms with Crippen LogP contribution in [0.5, 0.6) is 0 Å². The van der Waals surface area contributed by atoms with Crippen molar-refractivity contribution in [2.24, 2.45) is 0 Å². The molecule has 0 unspecified atom stereocenters. The zero-order valence-corrected chi connectivity index (χ0v) is 11.1. The van der Waals surface area contributed by atoms with Crippen molar-refractivity contribution >= 4 is 11.6 Å². The minimum Gasteiger partial charge on any atom is -0.326 e. The van der Waals surface area contributed by atoms with Crippen molar-refractivity contribution in [3.63, 3.8) is 0 Å². The standard InChI is InChI=1S/C16H12F2N2O/c17-14-7-3-11(9-15(14)18)4-8-16(21)20-13-5-1-12(10-19)2-6-13/h1-3,5-7,9H,4,8H2,(H,20,21). The maximum Gasteiger partial charge on any atom is 0.224 e. The Bertz CT molecular complexity index is 690. The first-order valence-electron chi connectivity index (χ1n) is 6.32. The summed E-state index contributed by atoms with van der Waals surface area (Å²) in [5, 5.41) is 11.3. The second-order valence-corrected chi connectivity index (χ2v) is 4.49. The molecule has 0 aromatic heterocycles. The summed E-state index contributed by atoms with van der Waals surface area (Å²) in [5.41, 5.74) is 1.66. The minimum atomic E-state index is -0.917. The number of hydrogen-bond acceptors (Lipinski definition) is 2. The van der Waals surface area contributed by atoms with Gasteiger partial charge in [-0.15, -0.1) is 0 Å². The van der Waals surface area contributed by atoms with Gasteiger partial charge in [-0.3, -0.25) is 4.79 Å². The average molecular weight is 286 g/mol. The van der Waals surface area contributed by atoms with Gasteiger partial charge in [-0.05, 0) is 48.4 Å². The second kappa shape index (κ2) is 6.62. The van der Waals surface area contributed by atoms with Gasteiger partial charge in [-0.2, -0.15) is 5.26 Å². The molecule has 0 spiro atoms. The van der Waals surface area contributed by atoms with E-state index in [-0.39, 0.29) is 12.3 Å². The van der Waals surface area contributed by atoms with Crippen LogP contribution in [0.4, 0.5) is 14.5 Å². The van der Waals surface area contributed by atoms with Crippen LogP contribution in [0.2, 0.25) is 0 Å². The molecule has 0 heterocycles. The van der Waals surface area contributed by atoms with Crippen molar-refractivity contribution in [3.8, 4) is 6.07 Å². The summed E-state index contributed by atoms with van der Waals surface area (Å²) in [6.07, 6.45) is 0.477. The summed E-state index contributed by atoms with van der Waals surface area (Å²) in [6, 6.07) is 12.0. The Morgan fingerprint density at radius 1 is 1.10 bits per heavy atom. The Morgan fingerprint density at radius 3 is 2.43 bits per heavy atom. The van der Waals surface area contributed by atoms with E-state index >= 15 is 0 Å². The van der Waals surface area contributed by atoms with Crippen LogP contribution in [0, 0.1) is 23.0 Å². The van der Waals surface area contributed by atoms with Crippen LogP contribution in [-0.4, -0.2) is 5.91 Å². The van der Waals surface area contributed by atoms with E-state index in [4.69, 9.17) is 5.26 Å². The second-order valence-electron chi connectivity index (χ2n) is 4.49. The third kappa shape index (κ3) is 4.11. The van der Waals surface area contributed by atoms with Crippen LogP contribution >= 0.6 is 0 Å². The lowest BCUT2D eigenvalue weighted by atomic mass is 10.1. The summed E-state index contributed by atoms with van der Waals surface area (Å²) < 4.78 is 25.8. The van der Waals surface area contributed by atoms with Crippen molar-refractivity contribution < 1.29 is 13.6 Å². The topological polar surface area (TPSA) is 52.9 Å². The number of nitriles is 1. The average Bonchev–Trinajstić information content (AvgIpc) is 2.49. The van der Waals surface area contributed by atoms with Crippen molar-refractivity contribution in [3.05, 3.63) is 65.2 Å². The van der Waals surface area contributed by atoms with Gasteiger partial charge >= 0.3 is 0 Å². The predicted octanol–water partition coefficient (Wildman–Crippen LogP) is 3.41. The first-order valence-corrected chi connectivity index (χ1v) is 6.32. The van der Waals surface area contributed by atoms with Crippen molar-refractivity contribution in [2.45, 2.75) is 12.8 Å². The number of nitrogens with one attached hydrogen (secondary N) is 1. The van der Waals surface area contributed by atoms with E-state index in [1.54, 1.807) is 24.3 Å². The molecule has 0 aliphatic rings. The van der Waals surface area contributed by atoms with Crippen LogP contribution in [0.1, 0.15) is 17.5 Å². The molecule has 2 aromatic carbocycles. The zero-order chi connectivity index (χ0) is 15.2. The summed E-state index contributed by atoms with van der Waals surface area (Å²) in [4.78, 5) is 11.7. The quantitative estimate of drug-likeness (QED) is 0.936. The molecule has 0 atom stereocenters. The normalized spacial score (nSPS) is 9.95. The highest BCUT2D eigenvalue weighted by Crippen LogP contribution is 2.12. The number of rotatable bonds is 4. The number of amides is 1. The molecule has 1 amide bonds. The van der Waals surface area contributed by atoms with Gasteiger partial charge in [-0.25, -0.2) is 8.78 Å². The summed E-state index contributed by atoms with van der Waals surface area (Å²) in [5.74, 6) is -2.05. The van der Waals surface area contributed by atoms with Crippen molar-refractivity contribution in [2.75, 3.05) is 5.32 Å². The molecule has 0 fully saturated rings. The Labute approximate surface area is 120 Å². The summed E-state index contributed by atoms with van der Waals surface area (Å²) >= 11 is 0. The molecule has 0 radical (unpaired) electrons. The fraction of sp³-hybridized carbons (Fsp3) is 0.125. The number of anilines is 1. The van der Waals surface area contributed by atoms with E-state index < -0.39 is 11.6 Å². The fourth-order valence-corrected chi connectivity index (χ4v) is 1.80. The fourth-order valence-electron chi connectivity index (χ4n) is 1.80. The number of nitrogens with zero attached hydrogens (tertiary/aromatic N) is 1. The molecule has 106 valence electrons. The molecule has 2 rings (SSSR count). The highest BCUT2D eigenvalue weighted by molar-refractivity contribution is 5.90. The van der Waals surface area contributed by atoms with Crippen molar-refractivity contribution in [1.82, 2.24) is 0 Å². The van der Waals surface area contributed by atoms with E-state index in [1.165, 1.54) is 6.07 Å². The number of benzene rings is 2. The van der Waals surface area contributed by atoms with Gasteiger partial charge in [0.25, 0.3) is 0 Å². The number of aryl methyl sites for hydroxylation is 1. The van der Waals surface area contributed by atoms with Crippen molar-refractivity contribution in [1.29, 1.82) is 5.26 Å². The smallest absolute Gasteiger partial charge is 0.224 e. The lowest BCUT2D eigenvalue weighted by Gasteiger charge is -2.05. The van der Waals surface area contributed by atoms with Gasteiger partial charge in [0.1, 0.15) is 0 Å². The molecule has 2 aromatic rings. The molecular formula is C16H12F2N2O. The van der Waals surface area contributed by atoms with Crippen LogP contribution < -0.4 is 5.32 Å². The summed E-state index contributed by atoms with van der Waals surface area (Å²) in [7, 11) is 0. The maximum atomic E-state index is 13.0. The van der Waals surface area contributed by atoms with Gasteiger partial charge in [-0.1, -0.05) is 6.07 Å². The van der Waals surface area contributed by atoms with E-state index in [2.05, 4.69) is 5.32 Å². The van der Waals surface area contributed by atoms with E-state index in [0.29, 0.717) is 23.2 Å². The predicted molar refractivity (Wildman–Crippen MR) is 74.5 cm³/mol. The van der Waals surface area contributed by atoms with Gasteiger partial charge in [0, 0.05) is 12.1 Å². The van der Waals surface area contributed by atoms with Gasteiger partial charge in [0.15, 0.2) is 11.6 Å². The molecule has 0 aliphatic heterocycles. The number of carbonyl (C=O) groups is 1. The highest BCUT2D eigenvalue weighted by Gasteiger charge is 2.06. The van der Waals surface area contributed by atoms with Gasteiger partial charge < -0.3 is 5.32 Å². The van der Waals surface area contributed by atoms with Crippen LogP contribution in [0.15, 0.2) is 42.5 Å². The van der Waals surface area contributed by atoms with Crippen LogP contribution in [0.25, 0.3) is 0 Å². The van der Waals surface area contributed by atoms with Gasteiger partial charge in [0.05, 0.1) is 11.6 Å². The third-order valence-electron chi connectivity index (χ3n) is 2.92. The van der Waals surface area contributed by atoms with E-state index in [1.807, 2.05) is 6.07 Å². The Hall–Kier alpha value is -2.74. The molecule has 5 heteroatoms. The highest BCUT2D eigenvalue weighted by atomic mass is 19.2. The molecule has 21 heavy (non-hydrogen) atoms. The van der Waals surface area contributed by atoms with E-state index in [9.17, 15) is 13.6 Å². The molecule has 3 nitrogen and oxygen atoms in total. The van der Waals surface area contributed by atoms with Crippen LogP contribution in [-0.2, 0) is 11.2 Å². The molecule has 0 bridgehead atoms. The van der Waals surface area contributed by atoms with E-state index in [0.717, 1.165) is 12.1 Å². The third-order valence-corrected chi connectivity index (χ3v) is 2.92. The molecule has 0 aliphatic carbocycles. The largest absolute Gasteiger partial charge is 0.326 e. The number of carbonyl (C=O) groups excluding carboxylic acids is 1. The Balaban J connectivity index is 1.89. The number of hydrogen-bond donors (Lipinski definition) is 1. The monoisotopic (exact) mass is 286 g/mol. The lowest BCUT2D eigenvalue weighted by Crippen LogP contribution is -2.12. The molecule has 0 saturated carbocycles. The number of halogens is 2. The lowest BCUT2D eigenvalue weighted by molar-refractivity contribution is -0.116. The molecular weight excluding hydrogens is 274 g/mol. The zero-order valence-electron chi connectivity index (χ0n) is 11.1. The minimum absolute atomic E-state index is 0.158. The Kier molecular flexibility index (Phi) is 4.62. The molecule has 1 N–H and O–H groups in total. The maximum absolute atomic E-state index is 13.0. The van der Waals surface area contributed by atoms with Gasteiger partial charge in [0.2, 0.25) is 5.91 Å². The first-order chi connectivity index (χ1) is 10.1. The molecule has 0 saturated heterocycles. The summed E-state index contributed by atoms with van der Waals surface area (Å²) in [6.45, 7) is 0.